The van der Waals surface area contributed by atoms with Crippen LogP contribution < -0.4 is 0 Å². The maximum atomic E-state index is 10.5. The SMILES string of the molecule is C=CC(=O)C(Br)CBr. The van der Waals surface area contributed by atoms with Gasteiger partial charge >= 0.3 is 0 Å². The number of carbonyl (C=O) groups is 1. The van der Waals surface area contributed by atoms with Gasteiger partial charge in [0, 0.05) is 5.33 Å². The van der Waals surface area contributed by atoms with Crippen LogP contribution in [0.15, 0.2) is 12.7 Å². The summed E-state index contributed by atoms with van der Waals surface area (Å²) in [5.41, 5.74) is 0. The zero-order valence-corrected chi connectivity index (χ0v) is 7.41. The van der Waals surface area contributed by atoms with Crippen molar-refractivity contribution in [3.8, 4) is 0 Å². The van der Waals surface area contributed by atoms with Crippen molar-refractivity contribution < 1.29 is 4.79 Å². The minimum absolute atomic E-state index is 0.0156. The molecule has 1 atom stereocenters. The molecule has 0 aromatic carbocycles. The number of rotatable bonds is 3. The highest BCUT2D eigenvalue weighted by molar-refractivity contribution is 9.12. The van der Waals surface area contributed by atoms with Crippen LogP contribution in [-0.2, 0) is 4.79 Å². The Balaban J connectivity index is 3.62. The average Bonchev–Trinajstić information content (AvgIpc) is 1.84. The van der Waals surface area contributed by atoms with Gasteiger partial charge in [-0.25, -0.2) is 0 Å². The minimum atomic E-state index is -0.111. The fourth-order valence-electron chi connectivity index (χ4n) is 0.204. The van der Waals surface area contributed by atoms with E-state index < -0.39 is 0 Å². The molecule has 0 aliphatic heterocycles. The molecule has 0 saturated carbocycles. The zero-order chi connectivity index (χ0) is 6.57. The smallest absolute Gasteiger partial charge is 0.169 e. The molecule has 0 aliphatic rings. The molecule has 0 spiro atoms. The molecule has 1 unspecified atom stereocenters. The quantitative estimate of drug-likeness (QED) is 0.545. The molecular formula is C5H6Br2O. The standard InChI is InChI=1S/C5H6Br2O/c1-2-5(8)4(7)3-6/h2,4H,1,3H2. The molecule has 0 aliphatic carbocycles. The van der Waals surface area contributed by atoms with Crippen molar-refractivity contribution in [3.63, 3.8) is 0 Å². The monoisotopic (exact) mass is 240 g/mol. The topological polar surface area (TPSA) is 17.1 Å². The van der Waals surface area contributed by atoms with Gasteiger partial charge in [-0.3, -0.25) is 4.79 Å². The third kappa shape index (κ3) is 2.62. The number of hydrogen-bond donors (Lipinski definition) is 0. The summed E-state index contributed by atoms with van der Waals surface area (Å²) < 4.78 is 0. The zero-order valence-electron chi connectivity index (χ0n) is 4.23. The van der Waals surface area contributed by atoms with Gasteiger partial charge in [-0.15, -0.1) is 0 Å². The van der Waals surface area contributed by atoms with Crippen molar-refractivity contribution in [2.45, 2.75) is 4.83 Å². The first-order chi connectivity index (χ1) is 3.72. The van der Waals surface area contributed by atoms with Gasteiger partial charge in [-0.1, -0.05) is 38.4 Å². The van der Waals surface area contributed by atoms with Crippen LogP contribution in [0.2, 0.25) is 0 Å². The number of alkyl halides is 2. The number of halogens is 2. The van der Waals surface area contributed by atoms with Gasteiger partial charge in [0.05, 0.1) is 4.83 Å². The molecule has 46 valence electrons. The Morgan fingerprint density at radius 2 is 2.38 bits per heavy atom. The second kappa shape index (κ2) is 4.27. The van der Waals surface area contributed by atoms with Gasteiger partial charge in [0.25, 0.3) is 0 Å². The van der Waals surface area contributed by atoms with Crippen molar-refractivity contribution in [2.75, 3.05) is 5.33 Å². The first-order valence-electron chi connectivity index (χ1n) is 2.08. The average molecular weight is 242 g/mol. The second-order valence-corrected chi connectivity index (χ2v) is 2.98. The molecular weight excluding hydrogens is 236 g/mol. The largest absolute Gasteiger partial charge is 0.294 e. The number of ketones is 1. The molecule has 0 radical (unpaired) electrons. The highest BCUT2D eigenvalue weighted by atomic mass is 79.9. The first-order valence-corrected chi connectivity index (χ1v) is 4.12. The maximum absolute atomic E-state index is 10.5. The maximum Gasteiger partial charge on any atom is 0.169 e. The van der Waals surface area contributed by atoms with E-state index in [-0.39, 0.29) is 10.6 Å². The Morgan fingerprint density at radius 3 is 2.50 bits per heavy atom. The van der Waals surface area contributed by atoms with Crippen molar-refractivity contribution >= 4 is 37.6 Å². The van der Waals surface area contributed by atoms with Gasteiger partial charge < -0.3 is 0 Å². The Hall–Kier alpha value is 0.370. The fraction of sp³-hybridized carbons (Fsp3) is 0.400. The summed E-state index contributed by atoms with van der Waals surface area (Å²) in [5.74, 6) is 0.0156. The van der Waals surface area contributed by atoms with Crippen LogP contribution in [0.5, 0.6) is 0 Å². The Bertz CT molecular complexity index is 101. The molecule has 0 aromatic rings. The summed E-state index contributed by atoms with van der Waals surface area (Å²) in [6, 6.07) is 0. The van der Waals surface area contributed by atoms with Crippen LogP contribution in [0.3, 0.4) is 0 Å². The van der Waals surface area contributed by atoms with E-state index in [9.17, 15) is 4.79 Å². The molecule has 0 saturated heterocycles. The van der Waals surface area contributed by atoms with Crippen molar-refractivity contribution in [1.82, 2.24) is 0 Å². The van der Waals surface area contributed by atoms with E-state index in [0.717, 1.165) is 0 Å². The Morgan fingerprint density at radius 1 is 1.88 bits per heavy atom. The van der Waals surface area contributed by atoms with Gasteiger partial charge in [0.1, 0.15) is 0 Å². The highest BCUT2D eigenvalue weighted by Crippen LogP contribution is 2.04. The van der Waals surface area contributed by atoms with Gasteiger partial charge in [0.2, 0.25) is 0 Å². The van der Waals surface area contributed by atoms with E-state index in [1.165, 1.54) is 6.08 Å². The molecule has 1 nitrogen and oxygen atoms in total. The van der Waals surface area contributed by atoms with Crippen molar-refractivity contribution in [1.29, 1.82) is 0 Å². The Labute approximate surface area is 65.4 Å². The number of allylic oxidation sites excluding steroid dienone is 1. The highest BCUT2D eigenvalue weighted by Gasteiger charge is 2.07. The van der Waals surface area contributed by atoms with Gasteiger partial charge in [-0.05, 0) is 6.08 Å². The van der Waals surface area contributed by atoms with E-state index in [2.05, 4.69) is 38.4 Å². The molecule has 3 heteroatoms. The molecule has 0 rings (SSSR count). The Kier molecular flexibility index (Phi) is 4.47. The molecule has 0 N–H and O–H groups in total. The molecule has 0 heterocycles. The molecule has 0 bridgehead atoms. The van der Waals surface area contributed by atoms with E-state index in [1.807, 2.05) is 0 Å². The van der Waals surface area contributed by atoms with E-state index in [1.54, 1.807) is 0 Å². The lowest BCUT2D eigenvalue weighted by molar-refractivity contribution is -0.113. The summed E-state index contributed by atoms with van der Waals surface area (Å²) in [6.45, 7) is 3.33. The van der Waals surface area contributed by atoms with Crippen molar-refractivity contribution in [3.05, 3.63) is 12.7 Å². The van der Waals surface area contributed by atoms with Crippen LogP contribution in [0.1, 0.15) is 0 Å². The lowest BCUT2D eigenvalue weighted by atomic mass is 10.3. The fourth-order valence-corrected chi connectivity index (χ4v) is 0.710. The summed E-state index contributed by atoms with van der Waals surface area (Å²) in [6.07, 6.45) is 1.31. The van der Waals surface area contributed by atoms with Crippen LogP contribution in [-0.4, -0.2) is 15.9 Å². The molecule has 0 aromatic heterocycles. The summed E-state index contributed by atoms with van der Waals surface area (Å²) in [4.78, 5) is 10.4. The predicted molar refractivity (Wildman–Crippen MR) is 41.7 cm³/mol. The minimum Gasteiger partial charge on any atom is -0.294 e. The molecule has 0 fully saturated rings. The van der Waals surface area contributed by atoms with Gasteiger partial charge in [0.15, 0.2) is 5.78 Å². The summed E-state index contributed by atoms with van der Waals surface area (Å²) in [5, 5.41) is 0.637. The van der Waals surface area contributed by atoms with Crippen LogP contribution in [0.4, 0.5) is 0 Å². The lowest BCUT2D eigenvalue weighted by Gasteiger charge is -1.96. The third-order valence-corrected chi connectivity index (χ3v) is 2.94. The van der Waals surface area contributed by atoms with Crippen LogP contribution in [0, 0.1) is 0 Å². The van der Waals surface area contributed by atoms with E-state index >= 15 is 0 Å². The number of hydrogen-bond acceptors (Lipinski definition) is 1. The number of carbonyl (C=O) groups excluding carboxylic acids is 1. The van der Waals surface area contributed by atoms with Crippen molar-refractivity contribution in [2.24, 2.45) is 0 Å². The van der Waals surface area contributed by atoms with Crippen LogP contribution in [0.25, 0.3) is 0 Å². The van der Waals surface area contributed by atoms with Crippen LogP contribution >= 0.6 is 31.9 Å². The molecule has 8 heavy (non-hydrogen) atoms. The first kappa shape index (κ1) is 8.37. The molecule has 0 amide bonds. The summed E-state index contributed by atoms with van der Waals surface area (Å²) in [7, 11) is 0. The van der Waals surface area contributed by atoms with E-state index in [0.29, 0.717) is 5.33 Å². The predicted octanol–water partition coefficient (Wildman–Crippen LogP) is 1.90. The second-order valence-electron chi connectivity index (χ2n) is 1.23. The lowest BCUT2D eigenvalue weighted by Crippen LogP contribution is -2.11. The van der Waals surface area contributed by atoms with E-state index in [4.69, 9.17) is 0 Å². The van der Waals surface area contributed by atoms with Gasteiger partial charge in [-0.2, -0.15) is 0 Å². The third-order valence-electron chi connectivity index (χ3n) is 0.645. The normalized spacial score (nSPS) is 12.8. The summed E-state index contributed by atoms with van der Waals surface area (Å²) >= 11 is 6.28.